The molecule has 2 heterocycles. The highest BCUT2D eigenvalue weighted by molar-refractivity contribution is 7.98. The van der Waals surface area contributed by atoms with E-state index in [1.807, 2.05) is 30.5 Å². The molecule has 0 aliphatic rings. The highest BCUT2D eigenvalue weighted by atomic mass is 35.5. The Balaban J connectivity index is 1.82. The number of carbonyl (C=O) groups excluding carboxylic acids is 1. The van der Waals surface area contributed by atoms with Crippen molar-refractivity contribution in [2.45, 2.75) is 4.90 Å². The number of hydrogen-bond donors (Lipinski definition) is 1. The molecule has 2 aromatic heterocycles. The summed E-state index contributed by atoms with van der Waals surface area (Å²) in [5.74, 6) is -0.119. The summed E-state index contributed by atoms with van der Waals surface area (Å²) in [6.45, 7) is 0. The molecule has 0 saturated heterocycles. The summed E-state index contributed by atoms with van der Waals surface area (Å²) in [6.07, 6.45) is 1.96. The van der Waals surface area contributed by atoms with E-state index in [1.165, 1.54) is 6.07 Å². The quantitative estimate of drug-likeness (QED) is 0.634. The number of thiophene rings is 1. The molecular formula is C14H9Cl2N3O2S2. The van der Waals surface area contributed by atoms with Gasteiger partial charge in [0, 0.05) is 4.90 Å². The topological polar surface area (TPSA) is 68.0 Å². The molecule has 23 heavy (non-hydrogen) atoms. The number of nitrogens with zero attached hydrogens (tertiary/aromatic N) is 2. The van der Waals surface area contributed by atoms with Gasteiger partial charge in [-0.05, 0) is 24.5 Å². The molecular weight excluding hydrogens is 377 g/mol. The second-order valence-electron chi connectivity index (χ2n) is 4.30. The smallest absolute Gasteiger partial charge is 0.322 e. The van der Waals surface area contributed by atoms with E-state index in [0.29, 0.717) is 14.6 Å². The molecule has 0 fully saturated rings. The first-order valence-corrected chi connectivity index (χ1v) is 9.11. The van der Waals surface area contributed by atoms with Crippen molar-refractivity contribution in [3.05, 3.63) is 44.6 Å². The Labute approximate surface area is 150 Å². The van der Waals surface area contributed by atoms with Gasteiger partial charge in [-0.3, -0.25) is 10.1 Å². The minimum atomic E-state index is -0.452. The van der Waals surface area contributed by atoms with Gasteiger partial charge in [-0.15, -0.1) is 28.2 Å². The molecule has 0 bridgehead atoms. The lowest BCUT2D eigenvalue weighted by Gasteiger charge is -2.01. The summed E-state index contributed by atoms with van der Waals surface area (Å²) in [5, 5.41) is 10.3. The van der Waals surface area contributed by atoms with Gasteiger partial charge in [-0.25, -0.2) is 0 Å². The van der Waals surface area contributed by atoms with Crippen LogP contribution in [0, 0.1) is 0 Å². The van der Waals surface area contributed by atoms with Gasteiger partial charge in [0.05, 0.1) is 15.5 Å². The zero-order valence-corrected chi connectivity index (χ0v) is 14.8. The number of amides is 1. The summed E-state index contributed by atoms with van der Waals surface area (Å²) in [4.78, 5) is 13.1. The number of rotatable bonds is 4. The van der Waals surface area contributed by atoms with E-state index in [9.17, 15) is 4.79 Å². The van der Waals surface area contributed by atoms with Gasteiger partial charge < -0.3 is 4.42 Å². The normalized spacial score (nSPS) is 10.7. The molecule has 3 rings (SSSR count). The minimum absolute atomic E-state index is 0.000653. The van der Waals surface area contributed by atoms with Crippen LogP contribution in [0.3, 0.4) is 0 Å². The van der Waals surface area contributed by atoms with Crippen LogP contribution in [-0.2, 0) is 0 Å². The van der Waals surface area contributed by atoms with E-state index in [2.05, 4.69) is 15.5 Å². The van der Waals surface area contributed by atoms with Gasteiger partial charge in [-0.2, -0.15) is 0 Å². The number of halogens is 2. The molecule has 1 amide bonds. The second kappa shape index (κ2) is 6.92. The van der Waals surface area contributed by atoms with Gasteiger partial charge in [0.15, 0.2) is 0 Å². The molecule has 0 aliphatic heterocycles. The van der Waals surface area contributed by atoms with Crippen LogP contribution in [0.1, 0.15) is 10.4 Å². The lowest BCUT2D eigenvalue weighted by Crippen LogP contribution is -2.11. The standard InChI is InChI=1S/C14H9Cl2N3O2S2/c1-22-9-5-3-2-4-7(9)13-18-19-14(21-13)17-12(20)8-6-10(15)23-11(8)16/h2-6H,1H3,(H,17,19,20). The van der Waals surface area contributed by atoms with Crippen molar-refractivity contribution in [3.63, 3.8) is 0 Å². The Morgan fingerprint density at radius 1 is 1.30 bits per heavy atom. The van der Waals surface area contributed by atoms with Crippen LogP contribution >= 0.6 is 46.3 Å². The van der Waals surface area contributed by atoms with Crippen LogP contribution < -0.4 is 5.32 Å². The summed E-state index contributed by atoms with van der Waals surface area (Å²) < 4.78 is 6.25. The van der Waals surface area contributed by atoms with E-state index in [1.54, 1.807) is 11.8 Å². The Kier molecular flexibility index (Phi) is 4.91. The molecule has 0 radical (unpaired) electrons. The minimum Gasteiger partial charge on any atom is -0.403 e. The number of carbonyl (C=O) groups is 1. The van der Waals surface area contributed by atoms with E-state index >= 15 is 0 Å². The van der Waals surface area contributed by atoms with Crippen LogP contribution in [-0.4, -0.2) is 22.4 Å². The molecule has 0 unspecified atom stereocenters. The van der Waals surface area contributed by atoms with Crippen molar-refractivity contribution in [1.29, 1.82) is 0 Å². The summed E-state index contributed by atoms with van der Waals surface area (Å²) in [6, 6.07) is 9.13. The Morgan fingerprint density at radius 2 is 2.09 bits per heavy atom. The Hall–Kier alpha value is -1.54. The van der Waals surface area contributed by atoms with Crippen molar-refractivity contribution >= 4 is 58.2 Å². The average Bonchev–Trinajstić information content (AvgIpc) is 3.13. The van der Waals surface area contributed by atoms with Crippen molar-refractivity contribution < 1.29 is 9.21 Å². The fraction of sp³-hybridized carbons (Fsp3) is 0.0714. The number of aromatic nitrogens is 2. The summed E-state index contributed by atoms with van der Waals surface area (Å²) in [5.41, 5.74) is 1.08. The van der Waals surface area contributed by atoms with Gasteiger partial charge >= 0.3 is 6.01 Å². The molecule has 3 aromatic rings. The lowest BCUT2D eigenvalue weighted by atomic mass is 10.2. The molecule has 5 nitrogen and oxygen atoms in total. The van der Waals surface area contributed by atoms with E-state index < -0.39 is 5.91 Å². The molecule has 0 aliphatic carbocycles. The van der Waals surface area contributed by atoms with E-state index in [0.717, 1.165) is 21.8 Å². The maximum Gasteiger partial charge on any atom is 0.322 e. The van der Waals surface area contributed by atoms with Gasteiger partial charge in [-0.1, -0.05) is 40.4 Å². The third-order valence-corrected chi connectivity index (χ3v) is 5.17. The molecule has 0 saturated carbocycles. The Morgan fingerprint density at radius 3 is 2.78 bits per heavy atom. The van der Waals surface area contributed by atoms with Crippen LogP contribution in [0.4, 0.5) is 6.01 Å². The Bertz CT molecular complexity index is 863. The van der Waals surface area contributed by atoms with Gasteiger partial charge in [0.25, 0.3) is 11.8 Å². The number of benzene rings is 1. The zero-order valence-electron chi connectivity index (χ0n) is 11.7. The van der Waals surface area contributed by atoms with E-state index in [4.69, 9.17) is 27.6 Å². The van der Waals surface area contributed by atoms with Crippen LogP contribution in [0.5, 0.6) is 0 Å². The van der Waals surface area contributed by atoms with Crippen LogP contribution in [0.25, 0.3) is 11.5 Å². The summed E-state index contributed by atoms with van der Waals surface area (Å²) >= 11 is 14.5. The molecule has 1 N–H and O–H groups in total. The fourth-order valence-electron chi connectivity index (χ4n) is 1.86. The number of anilines is 1. The first-order chi connectivity index (χ1) is 11.1. The SMILES string of the molecule is CSc1ccccc1-c1nnc(NC(=O)c2cc(Cl)sc2Cl)o1. The number of hydrogen-bond acceptors (Lipinski definition) is 6. The first-order valence-electron chi connectivity index (χ1n) is 6.31. The molecule has 0 atom stereocenters. The van der Waals surface area contributed by atoms with Crippen molar-refractivity contribution in [3.8, 4) is 11.5 Å². The molecule has 118 valence electrons. The largest absolute Gasteiger partial charge is 0.403 e. The average molecular weight is 386 g/mol. The predicted octanol–water partition coefficient (Wildman–Crippen LogP) is 5.08. The zero-order chi connectivity index (χ0) is 16.4. The first kappa shape index (κ1) is 16.3. The third kappa shape index (κ3) is 3.53. The molecule has 1 aromatic carbocycles. The van der Waals surface area contributed by atoms with Crippen molar-refractivity contribution in [1.82, 2.24) is 10.2 Å². The maximum atomic E-state index is 12.1. The monoisotopic (exact) mass is 385 g/mol. The second-order valence-corrected chi connectivity index (χ2v) is 7.44. The fourth-order valence-corrected chi connectivity index (χ4v) is 3.91. The maximum absolute atomic E-state index is 12.1. The van der Waals surface area contributed by atoms with Crippen molar-refractivity contribution in [2.75, 3.05) is 11.6 Å². The third-order valence-electron chi connectivity index (χ3n) is 2.88. The highest BCUT2D eigenvalue weighted by Crippen LogP contribution is 2.32. The van der Waals surface area contributed by atoms with Gasteiger partial charge in [0.1, 0.15) is 4.34 Å². The van der Waals surface area contributed by atoms with Crippen LogP contribution in [0.2, 0.25) is 8.67 Å². The van der Waals surface area contributed by atoms with Crippen LogP contribution in [0.15, 0.2) is 39.6 Å². The lowest BCUT2D eigenvalue weighted by molar-refractivity contribution is 0.102. The predicted molar refractivity (Wildman–Crippen MR) is 93.8 cm³/mol. The number of thioether (sulfide) groups is 1. The highest BCUT2D eigenvalue weighted by Gasteiger charge is 2.18. The number of nitrogens with one attached hydrogen (secondary N) is 1. The van der Waals surface area contributed by atoms with Crippen molar-refractivity contribution in [2.24, 2.45) is 0 Å². The molecule has 0 spiro atoms. The summed E-state index contributed by atoms with van der Waals surface area (Å²) in [7, 11) is 0. The van der Waals surface area contributed by atoms with E-state index in [-0.39, 0.29) is 11.6 Å². The molecule has 9 heteroatoms. The van der Waals surface area contributed by atoms with Gasteiger partial charge in [0.2, 0.25) is 0 Å².